The van der Waals surface area contributed by atoms with E-state index in [1.165, 1.54) is 0 Å². The molecule has 0 atom stereocenters. The van der Waals surface area contributed by atoms with Crippen molar-refractivity contribution in [3.05, 3.63) is 29.8 Å². The highest BCUT2D eigenvalue weighted by Crippen LogP contribution is 2.09. The van der Waals surface area contributed by atoms with Gasteiger partial charge in [-0.05, 0) is 24.3 Å². The van der Waals surface area contributed by atoms with Gasteiger partial charge < -0.3 is 4.74 Å². The molecule has 11 heavy (non-hydrogen) atoms. The van der Waals surface area contributed by atoms with Gasteiger partial charge in [0.25, 0.3) is 16.3 Å². The summed E-state index contributed by atoms with van der Waals surface area (Å²) in [7, 11) is 0. The van der Waals surface area contributed by atoms with Crippen molar-refractivity contribution >= 4 is 22.6 Å². The molecule has 0 fully saturated rings. The van der Waals surface area contributed by atoms with Crippen LogP contribution >= 0.6 is 0 Å². The molecule has 1 rings (SSSR count). The summed E-state index contributed by atoms with van der Waals surface area (Å²) in [5.74, 6) is 0.839. The van der Waals surface area contributed by atoms with E-state index >= 15 is 0 Å². The van der Waals surface area contributed by atoms with Gasteiger partial charge in [-0.15, -0.1) is 0 Å². The fourth-order valence-electron chi connectivity index (χ4n) is 0.809. The number of benzene rings is 1. The number of aldehydes is 1. The minimum Gasteiger partial charge on any atom is -0.510 e. The number of ether oxygens (including phenoxy) is 1. The molecule has 56 valence electrons. The van der Waals surface area contributed by atoms with Gasteiger partial charge in [-0.25, -0.2) is 0 Å². The second-order valence-electron chi connectivity index (χ2n) is 2.12. The molecule has 2 nitrogen and oxygen atoms in total. The lowest BCUT2D eigenvalue weighted by Crippen LogP contribution is -1.95. The fourth-order valence-corrected chi connectivity index (χ4v) is 1.14. The maximum atomic E-state index is 10.2. The van der Waals surface area contributed by atoms with Gasteiger partial charge in [-0.2, -0.15) is 0 Å². The van der Waals surface area contributed by atoms with Gasteiger partial charge >= 0.3 is 0 Å². The molecule has 0 spiro atoms. The molecule has 1 aromatic carbocycles. The van der Waals surface area contributed by atoms with E-state index in [-0.39, 0.29) is 0 Å². The van der Waals surface area contributed by atoms with Crippen LogP contribution in [0.3, 0.4) is 0 Å². The average Bonchev–Trinajstić information content (AvgIpc) is 2.07. The number of rotatable bonds is 3. The zero-order valence-electron chi connectivity index (χ0n) is 6.41. The van der Waals surface area contributed by atoms with E-state index in [1.807, 2.05) is 12.1 Å². The Morgan fingerprint density at radius 2 is 2.00 bits per heavy atom. The van der Waals surface area contributed by atoms with E-state index in [0.717, 1.165) is 33.8 Å². The molecule has 0 unspecified atom stereocenters. The molecule has 3 heteroatoms. The molecule has 0 aliphatic carbocycles. The van der Waals surface area contributed by atoms with Crippen LogP contribution in [0.4, 0.5) is 0 Å². The van der Waals surface area contributed by atoms with Gasteiger partial charge in [-0.3, -0.25) is 4.79 Å². The van der Waals surface area contributed by atoms with Gasteiger partial charge in [0.1, 0.15) is 12.0 Å². The summed E-state index contributed by atoms with van der Waals surface area (Å²) in [6, 6.07) is 7.11. The molecule has 0 aliphatic rings. The Kier molecular flexibility index (Phi) is 3.16. The van der Waals surface area contributed by atoms with E-state index < -0.39 is 0 Å². The van der Waals surface area contributed by atoms with Crippen LogP contribution in [-0.2, 0) is 0 Å². The van der Waals surface area contributed by atoms with Crippen LogP contribution in [0.5, 0.6) is 5.75 Å². The molecule has 0 saturated heterocycles. The van der Waals surface area contributed by atoms with Crippen molar-refractivity contribution in [2.75, 3.05) is 5.47 Å². The summed E-state index contributed by atoms with van der Waals surface area (Å²) >= 11 is 1.03. The first kappa shape index (κ1) is 8.32. The third kappa shape index (κ3) is 2.38. The zero-order valence-corrected chi connectivity index (χ0v) is 8.41. The van der Waals surface area contributed by atoms with E-state index in [2.05, 4.69) is 0 Å². The smallest absolute Gasteiger partial charge is 0.273 e. The number of hydrogen-bond acceptors (Lipinski definition) is 2. The molecular weight excluding hydrogens is 155 g/mol. The maximum absolute atomic E-state index is 10.2. The second-order valence-corrected chi connectivity index (χ2v) is 2.70. The zero-order chi connectivity index (χ0) is 8.10. The van der Waals surface area contributed by atoms with Gasteiger partial charge in [0, 0.05) is 11.0 Å². The Morgan fingerprint density at radius 1 is 1.36 bits per heavy atom. The molecule has 0 N–H and O–H groups in total. The van der Waals surface area contributed by atoms with Gasteiger partial charge in [0.05, 0.1) is 0 Å². The van der Waals surface area contributed by atoms with E-state index in [4.69, 9.17) is 4.74 Å². The summed E-state index contributed by atoms with van der Waals surface area (Å²) in [6.45, 7) is 0. The molecule has 0 bridgehead atoms. The first-order valence-corrected chi connectivity index (χ1v) is 4.96. The van der Waals surface area contributed by atoms with Crippen LogP contribution < -0.4 is 4.74 Å². The Morgan fingerprint density at radius 3 is 2.45 bits per heavy atom. The van der Waals surface area contributed by atoms with Gasteiger partial charge in [0.15, 0.2) is 0 Å². The van der Waals surface area contributed by atoms with Crippen molar-refractivity contribution in [1.29, 1.82) is 0 Å². The van der Waals surface area contributed by atoms with Crippen molar-refractivity contribution in [2.45, 2.75) is 0 Å². The van der Waals surface area contributed by atoms with Crippen LogP contribution in [-0.4, -0.2) is 28.0 Å². The van der Waals surface area contributed by atoms with Crippen LogP contribution in [0.25, 0.3) is 0 Å². The van der Waals surface area contributed by atoms with Crippen LogP contribution in [0.15, 0.2) is 24.3 Å². The van der Waals surface area contributed by atoms with Crippen LogP contribution in [0.2, 0.25) is 0 Å². The van der Waals surface area contributed by atoms with Crippen molar-refractivity contribution in [3.8, 4) is 5.75 Å². The van der Waals surface area contributed by atoms with Crippen LogP contribution in [0.1, 0.15) is 10.4 Å². The number of carbonyl (C=O) groups excluding carboxylic acids is 1. The Balaban J connectivity index is 2.74. The predicted octanol–water partition coefficient (Wildman–Crippen LogP) is 0.469. The van der Waals surface area contributed by atoms with E-state index in [1.54, 1.807) is 12.1 Å². The third-order valence-electron chi connectivity index (χ3n) is 1.33. The largest absolute Gasteiger partial charge is 0.510 e. The molecule has 0 amide bonds. The molecule has 1 aromatic rings. The first-order valence-electron chi connectivity index (χ1n) is 3.55. The van der Waals surface area contributed by atoms with E-state index in [9.17, 15) is 4.79 Å². The SMILES string of the molecule is O=Cc1ccc(O[CH2][AlH2])cc1. The average molecular weight is 164 g/mol. The van der Waals surface area contributed by atoms with Crippen molar-refractivity contribution in [3.63, 3.8) is 0 Å². The molecule has 0 heterocycles. The highest BCUT2D eigenvalue weighted by atomic mass is 27.0. The lowest BCUT2D eigenvalue weighted by molar-refractivity contribution is 0.112. The van der Waals surface area contributed by atoms with Crippen molar-refractivity contribution in [2.24, 2.45) is 0 Å². The second kappa shape index (κ2) is 4.17. The quantitative estimate of drug-likeness (QED) is 0.479. The minimum atomic E-state index is 0.686. The highest BCUT2D eigenvalue weighted by molar-refractivity contribution is 6.08. The molecule has 0 saturated carbocycles. The summed E-state index contributed by atoms with van der Waals surface area (Å²) in [4.78, 5) is 10.2. The maximum Gasteiger partial charge on any atom is 0.273 e. The third-order valence-corrected chi connectivity index (χ3v) is 1.62. The lowest BCUT2D eigenvalue weighted by Gasteiger charge is -2.01. The highest BCUT2D eigenvalue weighted by Gasteiger charge is 1.91. The van der Waals surface area contributed by atoms with E-state index in [0.29, 0.717) is 5.56 Å². The molecule has 0 aromatic heterocycles. The monoisotopic (exact) mass is 164 g/mol. The normalized spacial score (nSPS) is 9.09. The van der Waals surface area contributed by atoms with Crippen LogP contribution in [0, 0.1) is 0 Å². The van der Waals surface area contributed by atoms with Crippen molar-refractivity contribution < 1.29 is 9.53 Å². The molecule has 0 radical (unpaired) electrons. The Labute approximate surface area is 73.6 Å². The Bertz CT molecular complexity index is 230. The summed E-state index contributed by atoms with van der Waals surface area (Å²) in [5.41, 5.74) is 1.48. The minimum absolute atomic E-state index is 0.686. The predicted molar refractivity (Wildman–Crippen MR) is 45.9 cm³/mol. The lowest BCUT2D eigenvalue weighted by atomic mass is 10.2. The van der Waals surface area contributed by atoms with Crippen molar-refractivity contribution in [1.82, 2.24) is 0 Å². The summed E-state index contributed by atoms with van der Waals surface area (Å²) in [6.07, 6.45) is 0.824. The number of hydrogen-bond donors (Lipinski definition) is 0. The summed E-state index contributed by atoms with van der Waals surface area (Å²) < 4.78 is 5.25. The fraction of sp³-hybridized carbons (Fsp3) is 0.125. The number of carbonyl (C=O) groups is 1. The first-order chi connectivity index (χ1) is 5.36. The van der Waals surface area contributed by atoms with Gasteiger partial charge in [-0.1, -0.05) is 0 Å². The topological polar surface area (TPSA) is 26.3 Å². The standard InChI is InChI=1S/C8H7O2.Al.2H/c1-10-8-4-2-7(6-9)3-5-8;;;/h2-6H,1H2;;;. The summed E-state index contributed by atoms with van der Waals surface area (Å²) in [5, 5.41) is 0. The molecular formula is C8H9AlO2. The van der Waals surface area contributed by atoms with Gasteiger partial charge in [0.2, 0.25) is 0 Å². The Hall–Kier alpha value is -0.778. The molecule has 0 aliphatic heterocycles.